The van der Waals surface area contributed by atoms with Crippen molar-refractivity contribution in [1.29, 1.82) is 0 Å². The van der Waals surface area contributed by atoms with Gasteiger partial charge in [0.25, 0.3) is 0 Å². The van der Waals surface area contributed by atoms with Gasteiger partial charge in [-0.15, -0.1) is 0 Å². The largest absolute Gasteiger partial charge is 0.462 e. The van der Waals surface area contributed by atoms with Gasteiger partial charge in [0, 0.05) is 19.3 Å². The number of rotatable bonds is 71. The monoisotopic (exact) mass is 1160 g/mol. The fourth-order valence-electron chi connectivity index (χ4n) is 11.9. The highest BCUT2D eigenvalue weighted by molar-refractivity contribution is 5.71. The molecule has 0 bridgehead atoms. The second-order valence-corrected chi connectivity index (χ2v) is 25.9. The molecule has 6 nitrogen and oxygen atoms in total. The van der Waals surface area contributed by atoms with Crippen LogP contribution in [0.1, 0.15) is 438 Å². The molecule has 0 aliphatic carbocycles. The average Bonchev–Trinajstić information content (AvgIpc) is 3.47. The lowest BCUT2D eigenvalue weighted by Gasteiger charge is -2.18. The van der Waals surface area contributed by atoms with Gasteiger partial charge in [0.2, 0.25) is 0 Å². The zero-order valence-corrected chi connectivity index (χ0v) is 56.1. The number of hydrogen-bond donors (Lipinski definition) is 0. The van der Waals surface area contributed by atoms with Crippen LogP contribution in [-0.4, -0.2) is 37.2 Å². The van der Waals surface area contributed by atoms with Crippen LogP contribution in [0.2, 0.25) is 0 Å². The van der Waals surface area contributed by atoms with Crippen LogP contribution in [0, 0.1) is 0 Å². The van der Waals surface area contributed by atoms with Crippen LogP contribution in [0.25, 0.3) is 0 Å². The Bertz CT molecular complexity index is 1280. The van der Waals surface area contributed by atoms with E-state index in [9.17, 15) is 14.4 Å². The standard InChI is InChI=1S/C76H146O6/c1-4-7-10-13-15-17-19-21-23-25-27-29-31-33-35-36-37-38-39-41-42-44-46-48-50-52-54-56-58-60-63-66-69-75(78)81-72-73(71-80-74(77)68-65-62-12-9-6-3)82-76(79)70-67-64-61-59-57-55-53-51-49-47-45-43-40-34-32-30-28-26-24-22-20-18-16-14-11-8-5-2/h26,28,73H,4-25,27,29-72H2,1-3H3/b28-26-. The molecule has 0 aliphatic heterocycles. The van der Waals surface area contributed by atoms with E-state index in [1.165, 1.54) is 334 Å². The maximum Gasteiger partial charge on any atom is 0.306 e. The number of allylic oxidation sites excluding steroid dienone is 2. The number of ether oxygens (including phenoxy) is 3. The highest BCUT2D eigenvalue weighted by atomic mass is 16.6. The van der Waals surface area contributed by atoms with Crippen molar-refractivity contribution in [2.45, 2.75) is 444 Å². The van der Waals surface area contributed by atoms with Crippen molar-refractivity contribution >= 4 is 17.9 Å². The van der Waals surface area contributed by atoms with Crippen molar-refractivity contribution in [3.8, 4) is 0 Å². The number of carbonyl (C=O) groups is 3. The Morgan fingerprint density at radius 3 is 0.610 bits per heavy atom. The first-order chi connectivity index (χ1) is 40.5. The van der Waals surface area contributed by atoms with Gasteiger partial charge in [0.1, 0.15) is 13.2 Å². The molecule has 6 heteroatoms. The van der Waals surface area contributed by atoms with Crippen LogP contribution in [0.3, 0.4) is 0 Å². The zero-order valence-electron chi connectivity index (χ0n) is 56.1. The van der Waals surface area contributed by atoms with Gasteiger partial charge < -0.3 is 14.2 Å². The Kier molecular flexibility index (Phi) is 70.0. The quantitative estimate of drug-likeness (QED) is 0.0261. The zero-order chi connectivity index (χ0) is 59.2. The minimum atomic E-state index is -0.764. The molecule has 0 heterocycles. The predicted molar refractivity (Wildman–Crippen MR) is 358 cm³/mol. The molecule has 0 saturated carbocycles. The molecule has 0 aromatic rings. The molecule has 0 aromatic carbocycles. The van der Waals surface area contributed by atoms with Gasteiger partial charge in [-0.05, 0) is 44.9 Å². The van der Waals surface area contributed by atoms with E-state index in [-0.39, 0.29) is 31.1 Å². The van der Waals surface area contributed by atoms with Gasteiger partial charge in [-0.3, -0.25) is 14.4 Å². The summed E-state index contributed by atoms with van der Waals surface area (Å²) in [7, 11) is 0. The first kappa shape index (κ1) is 80.2. The van der Waals surface area contributed by atoms with Crippen LogP contribution < -0.4 is 0 Å². The summed E-state index contributed by atoms with van der Waals surface area (Å²) < 4.78 is 16.9. The Hall–Kier alpha value is -1.85. The lowest BCUT2D eigenvalue weighted by molar-refractivity contribution is -0.167. The number of unbranched alkanes of at least 4 members (excludes halogenated alkanes) is 58. The third kappa shape index (κ3) is 68.9. The maximum atomic E-state index is 12.9. The van der Waals surface area contributed by atoms with Gasteiger partial charge >= 0.3 is 17.9 Å². The van der Waals surface area contributed by atoms with E-state index >= 15 is 0 Å². The van der Waals surface area contributed by atoms with Crippen LogP contribution >= 0.6 is 0 Å². The normalized spacial score (nSPS) is 12.0. The summed E-state index contributed by atoms with van der Waals surface area (Å²) in [5, 5.41) is 0. The van der Waals surface area contributed by atoms with Crippen molar-refractivity contribution in [3.05, 3.63) is 12.2 Å². The topological polar surface area (TPSA) is 78.9 Å². The third-order valence-corrected chi connectivity index (χ3v) is 17.5. The van der Waals surface area contributed by atoms with Gasteiger partial charge in [-0.1, -0.05) is 386 Å². The Morgan fingerprint density at radius 2 is 0.402 bits per heavy atom. The summed E-state index contributed by atoms with van der Waals surface area (Å²) in [6, 6.07) is 0. The first-order valence-electron chi connectivity index (χ1n) is 37.7. The van der Waals surface area contributed by atoms with Crippen LogP contribution in [0.15, 0.2) is 12.2 Å². The van der Waals surface area contributed by atoms with E-state index in [4.69, 9.17) is 14.2 Å². The van der Waals surface area contributed by atoms with E-state index in [2.05, 4.69) is 32.9 Å². The summed E-state index contributed by atoms with van der Waals surface area (Å²) in [4.78, 5) is 38.1. The molecule has 0 radical (unpaired) electrons. The number of hydrogen-bond acceptors (Lipinski definition) is 6. The van der Waals surface area contributed by atoms with Crippen molar-refractivity contribution in [2.24, 2.45) is 0 Å². The molecule has 486 valence electrons. The van der Waals surface area contributed by atoms with Crippen LogP contribution in [0.5, 0.6) is 0 Å². The molecule has 0 saturated heterocycles. The molecule has 82 heavy (non-hydrogen) atoms. The molecule has 0 fully saturated rings. The molecule has 0 amide bonds. The van der Waals surface area contributed by atoms with Crippen molar-refractivity contribution in [1.82, 2.24) is 0 Å². The number of carbonyl (C=O) groups excluding carboxylic acids is 3. The lowest BCUT2D eigenvalue weighted by Crippen LogP contribution is -2.30. The third-order valence-electron chi connectivity index (χ3n) is 17.5. The Morgan fingerprint density at radius 1 is 0.232 bits per heavy atom. The van der Waals surface area contributed by atoms with E-state index in [1.807, 2.05) is 0 Å². The lowest BCUT2D eigenvalue weighted by atomic mass is 10.0. The summed E-state index contributed by atoms with van der Waals surface area (Å²) in [6.07, 6.45) is 87.6. The molecular formula is C76H146O6. The summed E-state index contributed by atoms with van der Waals surface area (Å²) in [5.74, 6) is -0.846. The average molecular weight is 1160 g/mol. The Balaban J connectivity index is 3.86. The number of esters is 3. The minimum absolute atomic E-state index is 0.0640. The second kappa shape index (κ2) is 71.6. The smallest absolute Gasteiger partial charge is 0.306 e. The molecule has 1 atom stereocenters. The van der Waals surface area contributed by atoms with Gasteiger partial charge in [0.05, 0.1) is 0 Å². The van der Waals surface area contributed by atoms with Crippen molar-refractivity contribution in [3.63, 3.8) is 0 Å². The van der Waals surface area contributed by atoms with Crippen LogP contribution in [-0.2, 0) is 28.6 Å². The van der Waals surface area contributed by atoms with E-state index in [0.717, 1.165) is 64.2 Å². The van der Waals surface area contributed by atoms with E-state index in [0.29, 0.717) is 19.3 Å². The van der Waals surface area contributed by atoms with Crippen LogP contribution in [0.4, 0.5) is 0 Å². The fourth-order valence-corrected chi connectivity index (χ4v) is 11.9. The fraction of sp³-hybridized carbons (Fsp3) is 0.934. The molecule has 0 rings (SSSR count). The van der Waals surface area contributed by atoms with Gasteiger partial charge in [-0.2, -0.15) is 0 Å². The molecule has 1 unspecified atom stereocenters. The van der Waals surface area contributed by atoms with Crippen molar-refractivity contribution < 1.29 is 28.6 Å². The summed E-state index contributed by atoms with van der Waals surface area (Å²) in [6.45, 7) is 6.65. The van der Waals surface area contributed by atoms with Gasteiger partial charge in [0.15, 0.2) is 6.10 Å². The van der Waals surface area contributed by atoms with E-state index in [1.54, 1.807) is 0 Å². The van der Waals surface area contributed by atoms with Gasteiger partial charge in [-0.25, -0.2) is 0 Å². The van der Waals surface area contributed by atoms with Crippen molar-refractivity contribution in [2.75, 3.05) is 13.2 Å². The highest BCUT2D eigenvalue weighted by Crippen LogP contribution is 2.20. The minimum Gasteiger partial charge on any atom is -0.462 e. The predicted octanol–water partition coefficient (Wildman–Crippen LogP) is 26.0. The molecule has 0 spiro atoms. The molecular weight excluding hydrogens is 1010 g/mol. The Labute approximate surface area is 513 Å². The molecule has 0 aliphatic rings. The first-order valence-corrected chi connectivity index (χ1v) is 37.7. The highest BCUT2D eigenvalue weighted by Gasteiger charge is 2.20. The molecule has 0 aromatic heterocycles. The molecule has 0 N–H and O–H groups in total. The summed E-state index contributed by atoms with van der Waals surface area (Å²) in [5.41, 5.74) is 0. The maximum absolute atomic E-state index is 12.9. The summed E-state index contributed by atoms with van der Waals surface area (Å²) >= 11 is 0. The second-order valence-electron chi connectivity index (χ2n) is 25.9. The van der Waals surface area contributed by atoms with E-state index < -0.39 is 6.10 Å². The SMILES string of the molecule is CCCCCCCCCC/C=C\CCCCCCCCCCCCCCCCCC(=O)OC(COC(=O)CCCCCCC)COC(=O)CCCCCCCCCCCCCCCCCCCCCCCCCCCCCCCCCC.